The Morgan fingerprint density at radius 1 is 1.54 bits per heavy atom. The van der Waals surface area contributed by atoms with Gasteiger partial charge in [-0.3, -0.25) is 9.67 Å². The molecule has 0 aliphatic rings. The van der Waals surface area contributed by atoms with Crippen molar-refractivity contribution in [3.8, 4) is 0 Å². The molecule has 4 nitrogen and oxygen atoms in total. The number of rotatable bonds is 1. The second-order valence-corrected chi connectivity index (χ2v) is 4.04. The molecule has 0 aliphatic carbocycles. The summed E-state index contributed by atoms with van der Waals surface area (Å²) in [5, 5.41) is 4.16. The van der Waals surface area contributed by atoms with Crippen LogP contribution in [0.2, 0.25) is 0 Å². The minimum atomic E-state index is -0.151. The summed E-state index contributed by atoms with van der Waals surface area (Å²) in [6.45, 7) is 6.01. The van der Waals surface area contributed by atoms with Crippen molar-refractivity contribution in [1.82, 2.24) is 9.78 Å². The summed E-state index contributed by atoms with van der Waals surface area (Å²) >= 11 is 0. The summed E-state index contributed by atoms with van der Waals surface area (Å²) in [6.07, 6.45) is 1.85. The molecule has 1 rings (SSSR count). The van der Waals surface area contributed by atoms with Gasteiger partial charge in [0.2, 0.25) is 0 Å². The van der Waals surface area contributed by atoms with Gasteiger partial charge in [-0.1, -0.05) is 0 Å². The van der Waals surface area contributed by atoms with Crippen LogP contribution in [0, 0.1) is 0 Å². The second-order valence-electron chi connectivity index (χ2n) is 4.04. The molecule has 2 N–H and O–H groups in total. The first kappa shape index (κ1) is 9.77. The van der Waals surface area contributed by atoms with Crippen molar-refractivity contribution < 1.29 is 0 Å². The minimum Gasteiger partial charge on any atom is -0.382 e. The van der Waals surface area contributed by atoms with Gasteiger partial charge >= 0.3 is 0 Å². The van der Waals surface area contributed by atoms with Crippen LogP contribution in [-0.4, -0.2) is 21.2 Å². The van der Waals surface area contributed by atoms with Gasteiger partial charge in [0.25, 0.3) is 0 Å². The fourth-order valence-corrected chi connectivity index (χ4v) is 0.970. The lowest BCUT2D eigenvalue weighted by Gasteiger charge is -2.12. The highest BCUT2D eigenvalue weighted by Gasteiger charge is 2.10. The molecule has 0 saturated carbocycles. The number of aliphatic imine (C=N–C) groups is 1. The third-order valence-electron chi connectivity index (χ3n) is 1.43. The third-order valence-corrected chi connectivity index (χ3v) is 1.43. The molecule has 1 aromatic rings. The number of aromatic nitrogens is 2. The quantitative estimate of drug-likeness (QED) is 0.516. The van der Waals surface area contributed by atoms with Crippen LogP contribution < -0.4 is 5.73 Å². The predicted molar refractivity (Wildman–Crippen MR) is 53.7 cm³/mol. The Hall–Kier alpha value is -1.32. The average molecular weight is 180 g/mol. The first-order chi connectivity index (χ1) is 5.88. The predicted octanol–water partition coefficient (Wildman–Crippen LogP) is 0.924. The summed E-state index contributed by atoms with van der Waals surface area (Å²) in [6, 6.07) is 1.85. The van der Waals surface area contributed by atoms with E-state index in [2.05, 4.69) is 10.1 Å². The number of amidine groups is 1. The summed E-state index contributed by atoms with van der Waals surface area (Å²) in [5.41, 5.74) is 6.35. The molecular formula is C9H16N4. The van der Waals surface area contributed by atoms with E-state index in [0.717, 1.165) is 5.69 Å². The molecule has 0 aromatic carbocycles. The molecule has 0 spiro atoms. The van der Waals surface area contributed by atoms with E-state index in [0.29, 0.717) is 5.84 Å². The van der Waals surface area contributed by atoms with Crippen molar-refractivity contribution in [2.75, 3.05) is 0 Å². The van der Waals surface area contributed by atoms with Gasteiger partial charge in [-0.2, -0.15) is 5.10 Å². The Labute approximate surface area is 78.5 Å². The van der Waals surface area contributed by atoms with Crippen molar-refractivity contribution in [2.45, 2.75) is 26.3 Å². The maximum atomic E-state index is 5.77. The Balaban J connectivity index is 2.91. The van der Waals surface area contributed by atoms with E-state index in [1.807, 2.05) is 40.1 Å². The zero-order valence-corrected chi connectivity index (χ0v) is 8.57. The topological polar surface area (TPSA) is 56.2 Å². The highest BCUT2D eigenvalue weighted by molar-refractivity contribution is 5.95. The Bertz CT molecular complexity index is 317. The summed E-state index contributed by atoms with van der Waals surface area (Å²) < 4.78 is 1.71. The summed E-state index contributed by atoms with van der Waals surface area (Å²) in [7, 11) is 1.86. The average Bonchev–Trinajstić information content (AvgIpc) is 2.31. The lowest BCUT2D eigenvalue weighted by molar-refractivity contribution is 0.582. The largest absolute Gasteiger partial charge is 0.382 e. The van der Waals surface area contributed by atoms with Crippen molar-refractivity contribution >= 4 is 5.84 Å². The van der Waals surface area contributed by atoms with Crippen LogP contribution >= 0.6 is 0 Å². The zero-order chi connectivity index (χ0) is 10.1. The monoisotopic (exact) mass is 180 g/mol. The van der Waals surface area contributed by atoms with Crippen LogP contribution in [0.5, 0.6) is 0 Å². The molecule has 0 aliphatic heterocycles. The minimum absolute atomic E-state index is 0.151. The van der Waals surface area contributed by atoms with Crippen LogP contribution in [0.4, 0.5) is 0 Å². The van der Waals surface area contributed by atoms with E-state index in [4.69, 9.17) is 5.73 Å². The lowest BCUT2D eigenvalue weighted by atomic mass is 10.1. The number of hydrogen-bond donors (Lipinski definition) is 1. The van der Waals surface area contributed by atoms with E-state index in [1.165, 1.54) is 0 Å². The molecule has 0 atom stereocenters. The lowest BCUT2D eigenvalue weighted by Crippen LogP contribution is -2.21. The maximum absolute atomic E-state index is 5.77. The highest BCUT2D eigenvalue weighted by atomic mass is 15.3. The van der Waals surface area contributed by atoms with Crippen molar-refractivity contribution in [3.63, 3.8) is 0 Å². The van der Waals surface area contributed by atoms with E-state index >= 15 is 0 Å². The van der Waals surface area contributed by atoms with E-state index in [1.54, 1.807) is 4.68 Å². The van der Waals surface area contributed by atoms with E-state index in [-0.39, 0.29) is 5.54 Å². The molecule has 72 valence electrons. The molecule has 1 aromatic heterocycles. The SMILES string of the molecule is Cn1ccc(C(N)=NC(C)(C)C)n1. The van der Waals surface area contributed by atoms with E-state index < -0.39 is 0 Å². The molecular weight excluding hydrogens is 164 g/mol. The van der Waals surface area contributed by atoms with Crippen LogP contribution in [0.25, 0.3) is 0 Å². The third kappa shape index (κ3) is 2.89. The molecule has 1 heterocycles. The van der Waals surface area contributed by atoms with Gasteiger partial charge in [0.15, 0.2) is 0 Å². The van der Waals surface area contributed by atoms with Crippen molar-refractivity contribution in [2.24, 2.45) is 17.8 Å². The van der Waals surface area contributed by atoms with Crippen LogP contribution in [0.15, 0.2) is 17.3 Å². The maximum Gasteiger partial charge on any atom is 0.147 e. The van der Waals surface area contributed by atoms with Gasteiger partial charge < -0.3 is 5.73 Å². The smallest absolute Gasteiger partial charge is 0.147 e. The van der Waals surface area contributed by atoms with Gasteiger partial charge in [-0.25, -0.2) is 0 Å². The number of aryl methyl sites for hydroxylation is 1. The van der Waals surface area contributed by atoms with E-state index in [9.17, 15) is 0 Å². The standard InChI is InChI=1S/C9H16N4/c1-9(2,3)11-8(10)7-5-6-13(4)12-7/h5-6H,1-4H3,(H2,10,11). The number of hydrogen-bond acceptors (Lipinski definition) is 2. The molecule has 0 amide bonds. The van der Waals surface area contributed by atoms with Crippen molar-refractivity contribution in [1.29, 1.82) is 0 Å². The summed E-state index contributed by atoms with van der Waals surface area (Å²) in [4.78, 5) is 4.31. The fraction of sp³-hybridized carbons (Fsp3) is 0.556. The van der Waals surface area contributed by atoms with Gasteiger partial charge in [0.05, 0.1) is 5.54 Å². The first-order valence-electron chi connectivity index (χ1n) is 4.24. The van der Waals surface area contributed by atoms with Crippen LogP contribution in [0.3, 0.4) is 0 Å². The first-order valence-corrected chi connectivity index (χ1v) is 4.24. The highest BCUT2D eigenvalue weighted by Crippen LogP contribution is 2.07. The number of nitrogens with two attached hydrogens (primary N) is 1. The molecule has 13 heavy (non-hydrogen) atoms. The normalized spacial score (nSPS) is 13.4. The van der Waals surface area contributed by atoms with Crippen molar-refractivity contribution in [3.05, 3.63) is 18.0 Å². The Morgan fingerprint density at radius 3 is 2.54 bits per heavy atom. The van der Waals surface area contributed by atoms with Gasteiger partial charge in [-0.05, 0) is 26.8 Å². The fourth-order valence-electron chi connectivity index (χ4n) is 0.970. The van der Waals surface area contributed by atoms with Gasteiger partial charge in [0.1, 0.15) is 11.5 Å². The Kier molecular flexibility index (Phi) is 2.40. The molecule has 4 heteroatoms. The van der Waals surface area contributed by atoms with Gasteiger partial charge in [0, 0.05) is 13.2 Å². The second kappa shape index (κ2) is 3.20. The van der Waals surface area contributed by atoms with Crippen LogP contribution in [0.1, 0.15) is 26.5 Å². The molecule has 0 saturated heterocycles. The van der Waals surface area contributed by atoms with Gasteiger partial charge in [-0.15, -0.1) is 0 Å². The van der Waals surface area contributed by atoms with Crippen LogP contribution in [-0.2, 0) is 7.05 Å². The molecule has 0 fully saturated rings. The number of nitrogens with zero attached hydrogens (tertiary/aromatic N) is 3. The molecule has 0 bridgehead atoms. The molecule has 0 unspecified atom stereocenters. The summed E-state index contributed by atoms with van der Waals surface area (Å²) in [5.74, 6) is 0.494. The molecule has 0 radical (unpaired) electrons. The zero-order valence-electron chi connectivity index (χ0n) is 8.57. The Morgan fingerprint density at radius 2 is 2.15 bits per heavy atom.